The highest BCUT2D eigenvalue weighted by molar-refractivity contribution is 6.01. The van der Waals surface area contributed by atoms with Crippen molar-refractivity contribution in [2.75, 3.05) is 31.1 Å². The molecule has 4 heterocycles. The number of piperidine rings is 1. The molecule has 7 rings (SSSR count). The molecule has 0 unspecified atom stereocenters. The molecule has 1 spiro atoms. The van der Waals surface area contributed by atoms with Crippen molar-refractivity contribution in [2.45, 2.75) is 37.7 Å². The summed E-state index contributed by atoms with van der Waals surface area (Å²) in [5, 5.41) is 0. The quantitative estimate of drug-likeness (QED) is 0.288. The van der Waals surface area contributed by atoms with E-state index in [1.807, 2.05) is 95.9 Å². The first-order valence-electron chi connectivity index (χ1n) is 14.6. The highest BCUT2D eigenvalue weighted by Gasteiger charge is 2.44. The smallest absolute Gasteiger partial charge is 0.254 e. The maximum absolute atomic E-state index is 13.9. The second-order valence-electron chi connectivity index (χ2n) is 11.4. The summed E-state index contributed by atoms with van der Waals surface area (Å²) < 4.78 is 6.62. The van der Waals surface area contributed by atoms with Crippen LogP contribution in [0.4, 0.5) is 5.69 Å². The fourth-order valence-corrected chi connectivity index (χ4v) is 6.40. The highest BCUT2D eigenvalue weighted by Crippen LogP contribution is 2.41. The number of pyridine rings is 1. The zero-order chi connectivity index (χ0) is 27.8. The molecule has 41 heavy (non-hydrogen) atoms. The number of carbonyl (C=O) groups excluding carboxylic acids is 2. The number of hydrogen-bond acceptors (Lipinski definition) is 5. The summed E-state index contributed by atoms with van der Waals surface area (Å²) in [5.74, 6) is 0.808. The van der Waals surface area contributed by atoms with Crippen molar-refractivity contribution in [3.8, 4) is 28.3 Å². The third kappa shape index (κ3) is 4.99. The number of anilines is 1. The number of likely N-dealkylation sites (tertiary alicyclic amines) is 1. The number of aromatic nitrogens is 1. The molecule has 0 aliphatic carbocycles. The van der Waals surface area contributed by atoms with Gasteiger partial charge in [0.15, 0.2) is 5.78 Å². The summed E-state index contributed by atoms with van der Waals surface area (Å²) in [5.41, 5.74) is 5.35. The fraction of sp³-hybridized carbons (Fsp3) is 0.286. The number of nitrogens with zero attached hydrogens (tertiary/aromatic N) is 3. The monoisotopic (exact) mass is 543 g/mol. The fourth-order valence-electron chi connectivity index (χ4n) is 6.40. The number of hydrogen-bond donors (Lipinski definition) is 0. The second-order valence-corrected chi connectivity index (χ2v) is 11.4. The average molecular weight is 544 g/mol. The number of Topliss-reactive ketones (excluding diaryl/α,β-unsaturated/α-hetero) is 1. The zero-order valence-electron chi connectivity index (χ0n) is 23.1. The molecule has 0 saturated carbocycles. The third-order valence-corrected chi connectivity index (χ3v) is 8.72. The molecule has 1 amide bonds. The second kappa shape index (κ2) is 10.5. The van der Waals surface area contributed by atoms with E-state index in [-0.39, 0.29) is 11.7 Å². The Kier molecular flexibility index (Phi) is 6.54. The van der Waals surface area contributed by atoms with E-state index < -0.39 is 5.60 Å². The van der Waals surface area contributed by atoms with Crippen LogP contribution < -0.4 is 9.64 Å². The van der Waals surface area contributed by atoms with Gasteiger partial charge in [0.2, 0.25) is 0 Å². The van der Waals surface area contributed by atoms with Gasteiger partial charge >= 0.3 is 0 Å². The van der Waals surface area contributed by atoms with Crippen molar-refractivity contribution < 1.29 is 14.3 Å². The first-order valence-corrected chi connectivity index (χ1v) is 14.6. The van der Waals surface area contributed by atoms with E-state index in [4.69, 9.17) is 9.72 Å². The van der Waals surface area contributed by atoms with E-state index in [9.17, 15) is 9.59 Å². The maximum atomic E-state index is 13.9. The van der Waals surface area contributed by atoms with Crippen LogP contribution in [-0.4, -0.2) is 53.4 Å². The first-order chi connectivity index (χ1) is 20.1. The van der Waals surface area contributed by atoms with Gasteiger partial charge in [-0.25, -0.2) is 4.98 Å². The minimum Gasteiger partial charge on any atom is -0.486 e. The lowest BCUT2D eigenvalue weighted by Gasteiger charge is -2.44. The number of ether oxygens (including phenoxy) is 1. The predicted octanol–water partition coefficient (Wildman–Crippen LogP) is 6.66. The van der Waals surface area contributed by atoms with Gasteiger partial charge in [-0.3, -0.25) is 9.59 Å². The summed E-state index contributed by atoms with van der Waals surface area (Å²) in [7, 11) is 0. The van der Waals surface area contributed by atoms with Crippen LogP contribution in [0.3, 0.4) is 0 Å². The van der Waals surface area contributed by atoms with Gasteiger partial charge in [-0.05, 0) is 37.1 Å². The van der Waals surface area contributed by atoms with Crippen molar-refractivity contribution in [2.24, 2.45) is 0 Å². The van der Waals surface area contributed by atoms with Gasteiger partial charge in [-0.15, -0.1) is 0 Å². The Morgan fingerprint density at radius 2 is 1.37 bits per heavy atom. The molecule has 3 aliphatic rings. The molecule has 3 aliphatic heterocycles. The number of carbonyl (C=O) groups is 2. The molecule has 1 aromatic heterocycles. The SMILES string of the molecule is O=C1CC2(CCN(C(=O)c3cc(-c4ccccc4)nc(-c4ccccc4)c3)CC2)Oc2cc(N3CCCC3)ccc21. The van der Waals surface area contributed by atoms with Crippen molar-refractivity contribution in [1.29, 1.82) is 0 Å². The van der Waals surface area contributed by atoms with Crippen LogP contribution in [0.5, 0.6) is 5.75 Å². The van der Waals surface area contributed by atoms with E-state index in [1.165, 1.54) is 12.8 Å². The van der Waals surface area contributed by atoms with Crippen LogP contribution in [0, 0.1) is 0 Å². The van der Waals surface area contributed by atoms with Crippen molar-refractivity contribution in [1.82, 2.24) is 9.88 Å². The molecule has 0 radical (unpaired) electrons. The first kappa shape index (κ1) is 25.5. The van der Waals surface area contributed by atoms with Gasteiger partial charge in [0.25, 0.3) is 5.91 Å². The van der Waals surface area contributed by atoms with Crippen molar-refractivity contribution >= 4 is 17.4 Å². The minimum absolute atomic E-state index is 0.0181. The summed E-state index contributed by atoms with van der Waals surface area (Å²) in [6.45, 7) is 3.16. The van der Waals surface area contributed by atoms with E-state index in [0.717, 1.165) is 41.3 Å². The van der Waals surface area contributed by atoms with E-state index in [1.54, 1.807) is 0 Å². The molecule has 0 bridgehead atoms. The van der Waals surface area contributed by atoms with Crippen molar-refractivity contribution in [3.05, 3.63) is 102 Å². The molecule has 0 N–H and O–H groups in total. The lowest BCUT2D eigenvalue weighted by atomic mass is 9.82. The molecular weight excluding hydrogens is 510 g/mol. The van der Waals surface area contributed by atoms with Gasteiger partial charge < -0.3 is 14.5 Å². The molecule has 0 atom stereocenters. The van der Waals surface area contributed by atoms with Crippen LogP contribution in [0.2, 0.25) is 0 Å². The minimum atomic E-state index is -0.562. The molecular formula is C35H33N3O3. The van der Waals surface area contributed by atoms with E-state index in [2.05, 4.69) is 4.90 Å². The van der Waals surface area contributed by atoms with Crippen molar-refractivity contribution in [3.63, 3.8) is 0 Å². The zero-order valence-corrected chi connectivity index (χ0v) is 23.1. The van der Waals surface area contributed by atoms with E-state index >= 15 is 0 Å². The van der Waals surface area contributed by atoms with Gasteiger partial charge in [0, 0.05) is 67.5 Å². The Labute approximate surface area is 240 Å². The van der Waals surface area contributed by atoms with E-state index in [0.29, 0.717) is 49.2 Å². The Bertz CT molecular complexity index is 1530. The molecule has 6 heteroatoms. The topological polar surface area (TPSA) is 62.7 Å². The number of amides is 1. The normalized spacial score (nSPS) is 17.8. The van der Waals surface area contributed by atoms with Crippen LogP contribution >= 0.6 is 0 Å². The lowest BCUT2D eigenvalue weighted by Crippen LogP contribution is -2.52. The van der Waals surface area contributed by atoms with Crippen LogP contribution in [0.1, 0.15) is 52.8 Å². The molecule has 2 fully saturated rings. The van der Waals surface area contributed by atoms with Gasteiger partial charge in [-0.1, -0.05) is 60.7 Å². The standard InChI is InChI=1S/C35H33N3O3/c39-32-24-35(41-33-23-28(13-14-29(32)33)37-17-7-8-18-37)15-19-38(20-16-35)34(40)27-21-30(25-9-3-1-4-10-25)36-31(22-27)26-11-5-2-6-12-26/h1-6,9-14,21-23H,7-8,15-20,24H2. The van der Waals surface area contributed by atoms with Gasteiger partial charge in [0.05, 0.1) is 23.4 Å². The van der Waals surface area contributed by atoms with Crippen LogP contribution in [0.15, 0.2) is 91.0 Å². The van der Waals surface area contributed by atoms with Gasteiger partial charge in [-0.2, -0.15) is 0 Å². The Morgan fingerprint density at radius 3 is 1.98 bits per heavy atom. The molecule has 4 aromatic rings. The average Bonchev–Trinajstić information content (AvgIpc) is 3.57. The number of benzene rings is 3. The summed E-state index contributed by atoms with van der Waals surface area (Å²) in [6.07, 6.45) is 4.00. The molecule has 6 nitrogen and oxygen atoms in total. The molecule has 206 valence electrons. The summed E-state index contributed by atoms with van der Waals surface area (Å²) in [6, 6.07) is 29.7. The summed E-state index contributed by atoms with van der Waals surface area (Å²) in [4.78, 5) is 36.2. The Hall–Kier alpha value is -4.45. The largest absolute Gasteiger partial charge is 0.486 e. The molecule has 3 aromatic carbocycles. The molecule has 2 saturated heterocycles. The van der Waals surface area contributed by atoms with Gasteiger partial charge in [0.1, 0.15) is 11.4 Å². The van der Waals surface area contributed by atoms with Crippen LogP contribution in [-0.2, 0) is 0 Å². The lowest BCUT2D eigenvalue weighted by molar-refractivity contribution is -0.00567. The Morgan fingerprint density at radius 1 is 0.756 bits per heavy atom. The third-order valence-electron chi connectivity index (χ3n) is 8.72. The number of rotatable bonds is 4. The number of ketones is 1. The summed E-state index contributed by atoms with van der Waals surface area (Å²) >= 11 is 0. The van der Waals surface area contributed by atoms with Crippen LogP contribution in [0.25, 0.3) is 22.5 Å². The highest BCUT2D eigenvalue weighted by atomic mass is 16.5. The maximum Gasteiger partial charge on any atom is 0.254 e. The number of fused-ring (bicyclic) bond motifs is 1. The predicted molar refractivity (Wildman–Crippen MR) is 160 cm³/mol. The Balaban J connectivity index is 1.12.